The number of rotatable bonds is 2. The Kier molecular flexibility index (Phi) is 1.93. The quantitative estimate of drug-likeness (QED) is 0.516. The van der Waals surface area contributed by atoms with Crippen molar-refractivity contribution >= 4 is 5.69 Å². The molecule has 5 heteroatoms. The Hall–Kier alpha value is -1.88. The van der Waals surface area contributed by atoms with Crippen LogP contribution >= 0.6 is 0 Å². The molecule has 2 rings (SSSR count). The van der Waals surface area contributed by atoms with Crippen LogP contribution in [0.5, 0.6) is 0 Å². The van der Waals surface area contributed by atoms with Crippen LogP contribution in [0.1, 0.15) is 0 Å². The highest BCUT2D eigenvalue weighted by molar-refractivity contribution is 5.47. The van der Waals surface area contributed by atoms with Gasteiger partial charge in [-0.1, -0.05) is 0 Å². The number of aromatic nitrogens is 3. The first kappa shape index (κ1) is 7.75. The van der Waals surface area contributed by atoms with Crippen LogP contribution in [0.4, 0.5) is 5.69 Å². The molecule has 0 aliphatic heterocycles. The maximum absolute atomic E-state index is 5.24. The minimum atomic E-state index is 0.872. The summed E-state index contributed by atoms with van der Waals surface area (Å²) < 4.78 is 1.82. The molecule has 0 fully saturated rings. The monoisotopic (exact) mass is 175 g/mol. The molecule has 0 unspecified atom stereocenters. The highest BCUT2D eigenvalue weighted by atomic mass is 15.2. The lowest BCUT2D eigenvalue weighted by molar-refractivity contribution is 1.06. The molecule has 2 aromatic rings. The van der Waals surface area contributed by atoms with Crippen molar-refractivity contribution in [2.24, 2.45) is 5.84 Å². The molecular formula is C8H9N5. The SMILES string of the molecule is NNc1ccc(-n2cnnc2)cc1. The van der Waals surface area contributed by atoms with Crippen molar-refractivity contribution in [1.29, 1.82) is 0 Å². The van der Waals surface area contributed by atoms with Crippen LogP contribution in [-0.4, -0.2) is 14.8 Å². The topological polar surface area (TPSA) is 68.8 Å². The molecule has 3 N–H and O–H groups in total. The maximum Gasteiger partial charge on any atom is 0.123 e. The van der Waals surface area contributed by atoms with E-state index in [1.807, 2.05) is 28.8 Å². The van der Waals surface area contributed by atoms with Crippen LogP contribution < -0.4 is 11.3 Å². The standard InChI is InChI=1S/C8H9N5/c9-12-7-1-3-8(4-2-7)13-5-10-11-6-13/h1-6,12H,9H2. The van der Waals surface area contributed by atoms with E-state index < -0.39 is 0 Å². The third kappa shape index (κ3) is 1.50. The van der Waals surface area contributed by atoms with E-state index in [0.717, 1.165) is 11.4 Å². The van der Waals surface area contributed by atoms with E-state index in [0.29, 0.717) is 0 Å². The van der Waals surface area contributed by atoms with Crippen molar-refractivity contribution in [2.75, 3.05) is 5.43 Å². The van der Waals surface area contributed by atoms with Crippen LogP contribution in [0.15, 0.2) is 36.9 Å². The summed E-state index contributed by atoms with van der Waals surface area (Å²) in [5.74, 6) is 5.24. The minimum Gasteiger partial charge on any atom is -0.324 e. The molecule has 0 saturated carbocycles. The van der Waals surface area contributed by atoms with Gasteiger partial charge in [0.05, 0.1) is 0 Å². The molecule has 0 spiro atoms. The summed E-state index contributed by atoms with van der Waals surface area (Å²) in [6.45, 7) is 0. The third-order valence-corrected chi connectivity index (χ3v) is 1.75. The second kappa shape index (κ2) is 3.24. The van der Waals surface area contributed by atoms with E-state index >= 15 is 0 Å². The molecule has 0 atom stereocenters. The second-order valence-corrected chi connectivity index (χ2v) is 2.56. The molecule has 1 aromatic heterocycles. The Morgan fingerprint density at radius 3 is 2.23 bits per heavy atom. The minimum absolute atomic E-state index is 0.872. The van der Waals surface area contributed by atoms with E-state index in [1.54, 1.807) is 12.7 Å². The van der Waals surface area contributed by atoms with E-state index in [9.17, 15) is 0 Å². The zero-order chi connectivity index (χ0) is 9.10. The first-order valence-electron chi connectivity index (χ1n) is 3.82. The van der Waals surface area contributed by atoms with Crippen LogP contribution in [-0.2, 0) is 0 Å². The van der Waals surface area contributed by atoms with E-state index in [-0.39, 0.29) is 0 Å². The Morgan fingerprint density at radius 2 is 1.69 bits per heavy atom. The number of hydrazine groups is 1. The van der Waals surface area contributed by atoms with E-state index in [2.05, 4.69) is 15.6 Å². The molecule has 0 saturated heterocycles. The molecule has 1 heterocycles. The predicted molar refractivity (Wildman–Crippen MR) is 49.2 cm³/mol. The number of nitrogen functional groups attached to an aromatic ring is 1. The van der Waals surface area contributed by atoms with Crippen molar-refractivity contribution in [1.82, 2.24) is 14.8 Å². The number of benzene rings is 1. The Balaban J connectivity index is 2.33. The molecule has 0 bridgehead atoms. The highest BCUT2D eigenvalue weighted by Gasteiger charge is 1.94. The fourth-order valence-corrected chi connectivity index (χ4v) is 1.06. The van der Waals surface area contributed by atoms with Gasteiger partial charge in [0.25, 0.3) is 0 Å². The van der Waals surface area contributed by atoms with Crippen molar-refractivity contribution in [3.63, 3.8) is 0 Å². The molecular weight excluding hydrogens is 166 g/mol. The Bertz CT molecular complexity index is 364. The summed E-state index contributed by atoms with van der Waals surface area (Å²) in [7, 11) is 0. The van der Waals surface area contributed by atoms with Gasteiger partial charge in [0.15, 0.2) is 0 Å². The number of nitrogens with two attached hydrogens (primary N) is 1. The first-order chi connectivity index (χ1) is 6.40. The van der Waals surface area contributed by atoms with Gasteiger partial charge in [-0.15, -0.1) is 10.2 Å². The summed E-state index contributed by atoms with van der Waals surface area (Å²) >= 11 is 0. The lowest BCUT2D eigenvalue weighted by atomic mass is 10.3. The molecule has 0 aliphatic rings. The average molecular weight is 175 g/mol. The summed E-state index contributed by atoms with van der Waals surface area (Å²) in [6, 6.07) is 7.63. The zero-order valence-electron chi connectivity index (χ0n) is 6.88. The number of hydrogen-bond acceptors (Lipinski definition) is 4. The molecule has 0 amide bonds. The zero-order valence-corrected chi connectivity index (χ0v) is 6.88. The smallest absolute Gasteiger partial charge is 0.123 e. The van der Waals surface area contributed by atoms with Gasteiger partial charge in [0, 0.05) is 11.4 Å². The van der Waals surface area contributed by atoms with Gasteiger partial charge in [0.1, 0.15) is 12.7 Å². The Morgan fingerprint density at radius 1 is 1.08 bits per heavy atom. The lowest BCUT2D eigenvalue weighted by Crippen LogP contribution is -2.06. The van der Waals surface area contributed by atoms with Gasteiger partial charge in [-0.2, -0.15) is 0 Å². The largest absolute Gasteiger partial charge is 0.324 e. The summed E-state index contributed by atoms with van der Waals surface area (Å²) in [4.78, 5) is 0. The van der Waals surface area contributed by atoms with Gasteiger partial charge in [0.2, 0.25) is 0 Å². The van der Waals surface area contributed by atoms with Crippen molar-refractivity contribution in [3.05, 3.63) is 36.9 Å². The number of hydrogen-bond donors (Lipinski definition) is 2. The summed E-state index contributed by atoms with van der Waals surface area (Å²) in [5, 5.41) is 7.43. The Labute approximate surface area is 75.2 Å². The van der Waals surface area contributed by atoms with Crippen LogP contribution in [0.25, 0.3) is 5.69 Å². The molecule has 13 heavy (non-hydrogen) atoms. The van der Waals surface area contributed by atoms with Crippen LogP contribution in [0, 0.1) is 0 Å². The first-order valence-corrected chi connectivity index (χ1v) is 3.82. The fourth-order valence-electron chi connectivity index (χ4n) is 1.06. The van der Waals surface area contributed by atoms with Gasteiger partial charge in [-0.05, 0) is 24.3 Å². The molecule has 0 aliphatic carbocycles. The van der Waals surface area contributed by atoms with E-state index in [1.165, 1.54) is 0 Å². The number of anilines is 1. The molecule has 0 radical (unpaired) electrons. The number of nitrogens with zero attached hydrogens (tertiary/aromatic N) is 3. The summed E-state index contributed by atoms with van der Waals surface area (Å²) in [6.07, 6.45) is 3.29. The maximum atomic E-state index is 5.24. The van der Waals surface area contributed by atoms with Crippen molar-refractivity contribution in [3.8, 4) is 5.69 Å². The van der Waals surface area contributed by atoms with Gasteiger partial charge < -0.3 is 5.43 Å². The molecule has 5 nitrogen and oxygen atoms in total. The second-order valence-electron chi connectivity index (χ2n) is 2.56. The van der Waals surface area contributed by atoms with Gasteiger partial charge in [-0.25, -0.2) is 0 Å². The van der Waals surface area contributed by atoms with E-state index in [4.69, 9.17) is 5.84 Å². The third-order valence-electron chi connectivity index (χ3n) is 1.75. The van der Waals surface area contributed by atoms with Crippen molar-refractivity contribution < 1.29 is 0 Å². The van der Waals surface area contributed by atoms with Crippen molar-refractivity contribution in [2.45, 2.75) is 0 Å². The summed E-state index contributed by atoms with van der Waals surface area (Å²) in [5.41, 5.74) is 4.43. The number of nitrogens with one attached hydrogen (secondary N) is 1. The normalized spacial score (nSPS) is 9.92. The molecule has 66 valence electrons. The molecule has 1 aromatic carbocycles. The lowest BCUT2D eigenvalue weighted by Gasteiger charge is -2.02. The van der Waals surface area contributed by atoms with Crippen LogP contribution in [0.2, 0.25) is 0 Å². The fraction of sp³-hybridized carbons (Fsp3) is 0. The van der Waals surface area contributed by atoms with Crippen LogP contribution in [0.3, 0.4) is 0 Å². The predicted octanol–water partition coefficient (Wildman–Crippen LogP) is 0.553. The highest BCUT2D eigenvalue weighted by Crippen LogP contribution is 2.10. The van der Waals surface area contributed by atoms with Gasteiger partial charge >= 0.3 is 0 Å². The van der Waals surface area contributed by atoms with Gasteiger partial charge in [-0.3, -0.25) is 10.4 Å². The average Bonchev–Trinajstić information content (AvgIpc) is 2.71.